The zero-order valence-electron chi connectivity index (χ0n) is 11.9. The number of nitrogens with zero attached hydrogens (tertiary/aromatic N) is 1. The molecule has 3 heteroatoms. The molecular weight excluding hydrogens is 226 g/mol. The van der Waals surface area contributed by atoms with E-state index in [0.29, 0.717) is 12.0 Å². The van der Waals surface area contributed by atoms with Crippen LogP contribution >= 0.6 is 0 Å². The van der Waals surface area contributed by atoms with Crippen molar-refractivity contribution in [2.24, 2.45) is 10.8 Å². The van der Waals surface area contributed by atoms with E-state index in [1.54, 1.807) is 0 Å². The van der Waals surface area contributed by atoms with Gasteiger partial charge in [-0.1, -0.05) is 13.8 Å². The van der Waals surface area contributed by atoms with Crippen molar-refractivity contribution in [3.63, 3.8) is 0 Å². The van der Waals surface area contributed by atoms with E-state index < -0.39 is 0 Å². The van der Waals surface area contributed by atoms with Gasteiger partial charge in [-0.2, -0.15) is 0 Å². The summed E-state index contributed by atoms with van der Waals surface area (Å²) in [6.07, 6.45) is 6.98. The molecule has 0 saturated carbocycles. The summed E-state index contributed by atoms with van der Waals surface area (Å²) in [5, 5.41) is 0. The van der Waals surface area contributed by atoms with Crippen molar-refractivity contribution in [2.45, 2.75) is 46.0 Å². The summed E-state index contributed by atoms with van der Waals surface area (Å²) in [6, 6.07) is 0. The van der Waals surface area contributed by atoms with E-state index in [9.17, 15) is 4.79 Å². The molecule has 2 heterocycles. The van der Waals surface area contributed by atoms with Crippen LogP contribution in [-0.4, -0.2) is 44.0 Å². The number of likely N-dealkylation sites (tertiary alicyclic amines) is 1. The van der Waals surface area contributed by atoms with Crippen LogP contribution in [0.25, 0.3) is 0 Å². The summed E-state index contributed by atoms with van der Waals surface area (Å²) in [7, 11) is 0. The number of rotatable bonds is 5. The lowest BCUT2D eigenvalue weighted by Crippen LogP contribution is -2.44. The van der Waals surface area contributed by atoms with Crippen molar-refractivity contribution >= 4 is 6.29 Å². The first-order valence-corrected chi connectivity index (χ1v) is 7.44. The van der Waals surface area contributed by atoms with Gasteiger partial charge in [-0.3, -0.25) is 0 Å². The van der Waals surface area contributed by atoms with Gasteiger partial charge >= 0.3 is 0 Å². The Morgan fingerprint density at radius 3 is 2.56 bits per heavy atom. The minimum atomic E-state index is -0.226. The zero-order valence-corrected chi connectivity index (χ0v) is 11.9. The molecule has 2 aliphatic rings. The van der Waals surface area contributed by atoms with Crippen molar-refractivity contribution in [3.05, 3.63) is 0 Å². The second-order valence-corrected chi connectivity index (χ2v) is 6.30. The first kappa shape index (κ1) is 14.0. The van der Waals surface area contributed by atoms with Crippen LogP contribution in [0.15, 0.2) is 0 Å². The van der Waals surface area contributed by atoms with E-state index in [4.69, 9.17) is 4.74 Å². The van der Waals surface area contributed by atoms with Gasteiger partial charge in [0.1, 0.15) is 6.29 Å². The summed E-state index contributed by atoms with van der Waals surface area (Å²) < 4.78 is 5.53. The van der Waals surface area contributed by atoms with Gasteiger partial charge in [-0.05, 0) is 44.1 Å². The molecule has 0 spiro atoms. The number of ether oxygens (including phenoxy) is 1. The van der Waals surface area contributed by atoms with E-state index in [0.717, 1.165) is 45.4 Å². The molecule has 0 N–H and O–H groups in total. The molecule has 3 nitrogen and oxygen atoms in total. The van der Waals surface area contributed by atoms with Crippen LogP contribution in [0.4, 0.5) is 0 Å². The van der Waals surface area contributed by atoms with E-state index in [1.165, 1.54) is 19.3 Å². The van der Waals surface area contributed by atoms with Crippen molar-refractivity contribution < 1.29 is 9.53 Å². The number of aldehydes is 1. The van der Waals surface area contributed by atoms with E-state index in [-0.39, 0.29) is 5.41 Å². The smallest absolute Gasteiger partial charge is 0.129 e. The number of hydrogen-bond donors (Lipinski definition) is 0. The monoisotopic (exact) mass is 253 g/mol. The number of hydrogen-bond acceptors (Lipinski definition) is 3. The minimum absolute atomic E-state index is 0.226. The van der Waals surface area contributed by atoms with Crippen molar-refractivity contribution in [2.75, 3.05) is 32.8 Å². The highest BCUT2D eigenvalue weighted by molar-refractivity contribution is 5.60. The molecule has 104 valence electrons. The Bertz CT molecular complexity index is 280. The molecule has 2 rings (SSSR count). The predicted molar refractivity (Wildman–Crippen MR) is 72.6 cm³/mol. The molecule has 2 saturated heterocycles. The van der Waals surface area contributed by atoms with Gasteiger partial charge in [0.05, 0.1) is 12.0 Å². The highest BCUT2D eigenvalue weighted by Crippen LogP contribution is 2.39. The van der Waals surface area contributed by atoms with E-state index >= 15 is 0 Å². The van der Waals surface area contributed by atoms with Crippen LogP contribution in [0, 0.1) is 10.8 Å². The molecule has 0 aliphatic carbocycles. The molecule has 0 aromatic carbocycles. The topological polar surface area (TPSA) is 29.5 Å². The lowest BCUT2D eigenvalue weighted by atomic mass is 9.81. The predicted octanol–water partition coefficient (Wildman–Crippen LogP) is 2.49. The summed E-state index contributed by atoms with van der Waals surface area (Å²) in [6.45, 7) is 9.26. The molecule has 0 bridgehead atoms. The van der Waals surface area contributed by atoms with Gasteiger partial charge in [0, 0.05) is 19.7 Å². The third-order valence-electron chi connectivity index (χ3n) is 5.16. The van der Waals surface area contributed by atoms with Crippen LogP contribution < -0.4 is 0 Å². The molecule has 18 heavy (non-hydrogen) atoms. The quantitative estimate of drug-likeness (QED) is 0.705. The minimum Gasteiger partial charge on any atom is -0.380 e. The Hall–Kier alpha value is -0.410. The van der Waals surface area contributed by atoms with Gasteiger partial charge in [-0.25, -0.2) is 0 Å². The van der Waals surface area contributed by atoms with Crippen molar-refractivity contribution in [1.29, 1.82) is 0 Å². The maximum absolute atomic E-state index is 11.5. The van der Waals surface area contributed by atoms with Crippen LogP contribution in [-0.2, 0) is 9.53 Å². The SMILES string of the molecule is CCC1(CC)CCN(CC2(C=O)CCCOC2)C1. The third-order valence-corrected chi connectivity index (χ3v) is 5.16. The fourth-order valence-corrected chi connectivity index (χ4v) is 3.56. The average molecular weight is 253 g/mol. The summed E-state index contributed by atoms with van der Waals surface area (Å²) in [5.41, 5.74) is 0.273. The summed E-state index contributed by atoms with van der Waals surface area (Å²) in [5.74, 6) is 0. The fourth-order valence-electron chi connectivity index (χ4n) is 3.56. The van der Waals surface area contributed by atoms with Crippen LogP contribution in [0.5, 0.6) is 0 Å². The molecule has 1 unspecified atom stereocenters. The number of carbonyl (C=O) groups is 1. The highest BCUT2D eigenvalue weighted by atomic mass is 16.5. The molecular formula is C15H27NO2. The van der Waals surface area contributed by atoms with Crippen LogP contribution in [0.1, 0.15) is 46.0 Å². The van der Waals surface area contributed by atoms with E-state index in [2.05, 4.69) is 18.7 Å². The normalized spacial score (nSPS) is 32.6. The van der Waals surface area contributed by atoms with Crippen LogP contribution in [0.3, 0.4) is 0 Å². The molecule has 0 aromatic heterocycles. The Morgan fingerprint density at radius 1 is 1.28 bits per heavy atom. The Balaban J connectivity index is 1.95. The Kier molecular flexibility index (Phi) is 4.44. The first-order valence-electron chi connectivity index (χ1n) is 7.44. The first-order chi connectivity index (χ1) is 8.67. The largest absolute Gasteiger partial charge is 0.380 e. The Labute approximate surface area is 111 Å². The second kappa shape index (κ2) is 5.70. The van der Waals surface area contributed by atoms with E-state index in [1.807, 2.05) is 0 Å². The van der Waals surface area contributed by atoms with Gasteiger partial charge in [0.25, 0.3) is 0 Å². The third kappa shape index (κ3) is 2.77. The van der Waals surface area contributed by atoms with Gasteiger partial charge in [-0.15, -0.1) is 0 Å². The maximum Gasteiger partial charge on any atom is 0.129 e. The molecule has 0 amide bonds. The second-order valence-electron chi connectivity index (χ2n) is 6.30. The van der Waals surface area contributed by atoms with Crippen molar-refractivity contribution in [3.8, 4) is 0 Å². The molecule has 1 atom stereocenters. The molecule has 2 aliphatic heterocycles. The van der Waals surface area contributed by atoms with Gasteiger partial charge < -0.3 is 14.4 Å². The molecule has 0 radical (unpaired) electrons. The summed E-state index contributed by atoms with van der Waals surface area (Å²) >= 11 is 0. The summed E-state index contributed by atoms with van der Waals surface area (Å²) in [4.78, 5) is 14.0. The highest BCUT2D eigenvalue weighted by Gasteiger charge is 2.40. The standard InChI is InChI=1S/C15H27NO2/c1-3-14(4-2)7-8-16(10-14)11-15(12-17)6-5-9-18-13-15/h12H,3-11,13H2,1-2H3. The number of carbonyl (C=O) groups excluding carboxylic acids is 1. The lowest BCUT2D eigenvalue weighted by Gasteiger charge is -2.36. The average Bonchev–Trinajstić information content (AvgIpc) is 2.84. The fraction of sp³-hybridized carbons (Fsp3) is 0.933. The van der Waals surface area contributed by atoms with Crippen LogP contribution in [0.2, 0.25) is 0 Å². The molecule has 0 aromatic rings. The van der Waals surface area contributed by atoms with Gasteiger partial charge in [0.2, 0.25) is 0 Å². The molecule has 2 fully saturated rings. The maximum atomic E-state index is 11.5. The van der Waals surface area contributed by atoms with Crippen molar-refractivity contribution in [1.82, 2.24) is 4.90 Å². The van der Waals surface area contributed by atoms with Gasteiger partial charge in [0.15, 0.2) is 0 Å². The Morgan fingerprint density at radius 2 is 2.06 bits per heavy atom. The zero-order chi connectivity index (χ0) is 13.1. The lowest BCUT2D eigenvalue weighted by molar-refractivity contribution is -0.125.